The number of carbonyl (C=O) groups is 1. The number of nitrogens with zero attached hydrogens (tertiary/aromatic N) is 4. The van der Waals surface area contributed by atoms with Crippen molar-refractivity contribution in [3.05, 3.63) is 40.9 Å². The molecule has 1 amide bonds. The van der Waals surface area contributed by atoms with Gasteiger partial charge in [0.25, 0.3) is 0 Å². The molecule has 1 aromatic carbocycles. The van der Waals surface area contributed by atoms with E-state index in [9.17, 15) is 4.79 Å². The molecule has 2 rings (SSSR count). The van der Waals surface area contributed by atoms with Gasteiger partial charge in [0.15, 0.2) is 0 Å². The van der Waals surface area contributed by atoms with Gasteiger partial charge in [-0.1, -0.05) is 47.1 Å². The Bertz CT molecular complexity index is 656. The van der Waals surface area contributed by atoms with Crippen molar-refractivity contribution in [1.29, 1.82) is 0 Å². The summed E-state index contributed by atoms with van der Waals surface area (Å²) in [5.41, 5.74) is 0.428. The summed E-state index contributed by atoms with van der Waals surface area (Å²) in [5, 5.41) is 15.5. The van der Waals surface area contributed by atoms with E-state index in [0.29, 0.717) is 33.2 Å². The highest BCUT2D eigenvalue weighted by atomic mass is 35.5. The largest absolute Gasteiger partial charge is 0.324 e. The Morgan fingerprint density at radius 3 is 2.82 bits per heavy atom. The van der Waals surface area contributed by atoms with Gasteiger partial charge in [-0.15, -0.1) is 11.7 Å². The van der Waals surface area contributed by atoms with E-state index in [2.05, 4.69) is 27.4 Å². The number of hydrogen-bond donors (Lipinski definition) is 1. The van der Waals surface area contributed by atoms with Crippen molar-refractivity contribution >= 4 is 46.6 Å². The molecule has 0 radical (unpaired) electrons. The van der Waals surface area contributed by atoms with E-state index in [1.165, 1.54) is 11.8 Å². The standard InChI is InChI=1S/C13H13Cl2N5OS/c1-2-7-20-13(17-18-19-20)22-8-6-11(21)16-12-9(14)4-3-5-10(12)15/h2-5H,1,6-8H2,(H,16,21). The van der Waals surface area contributed by atoms with Crippen LogP contribution >= 0.6 is 35.0 Å². The van der Waals surface area contributed by atoms with Crippen LogP contribution in [0.3, 0.4) is 0 Å². The number of nitrogens with one attached hydrogen (secondary N) is 1. The third-order valence-corrected chi connectivity index (χ3v) is 4.18. The molecular formula is C13H13Cl2N5OS. The maximum atomic E-state index is 11.9. The minimum Gasteiger partial charge on any atom is -0.324 e. The highest BCUT2D eigenvalue weighted by Crippen LogP contribution is 2.30. The number of benzene rings is 1. The van der Waals surface area contributed by atoms with E-state index in [4.69, 9.17) is 23.2 Å². The smallest absolute Gasteiger partial charge is 0.225 e. The summed E-state index contributed by atoms with van der Waals surface area (Å²) in [4.78, 5) is 11.9. The first-order chi connectivity index (χ1) is 10.6. The second-order valence-electron chi connectivity index (χ2n) is 4.18. The number of anilines is 1. The monoisotopic (exact) mass is 357 g/mol. The van der Waals surface area contributed by atoms with Crippen molar-refractivity contribution in [2.24, 2.45) is 0 Å². The van der Waals surface area contributed by atoms with Gasteiger partial charge in [0.1, 0.15) is 0 Å². The number of amides is 1. The van der Waals surface area contributed by atoms with Crippen LogP contribution in [0.2, 0.25) is 10.0 Å². The molecule has 0 bridgehead atoms. The van der Waals surface area contributed by atoms with Crippen molar-refractivity contribution in [1.82, 2.24) is 20.2 Å². The third-order valence-electron chi connectivity index (χ3n) is 2.59. The fraction of sp³-hybridized carbons (Fsp3) is 0.231. The van der Waals surface area contributed by atoms with Crippen LogP contribution in [-0.4, -0.2) is 31.9 Å². The Labute approximate surface area is 141 Å². The molecule has 0 aliphatic heterocycles. The molecule has 0 aliphatic rings. The summed E-state index contributed by atoms with van der Waals surface area (Å²) in [5.74, 6) is 0.357. The van der Waals surface area contributed by atoms with E-state index in [1.54, 1.807) is 29.0 Å². The van der Waals surface area contributed by atoms with Gasteiger partial charge in [0.05, 0.1) is 22.3 Å². The van der Waals surface area contributed by atoms with Crippen molar-refractivity contribution < 1.29 is 4.79 Å². The van der Waals surface area contributed by atoms with Crippen LogP contribution in [0.1, 0.15) is 6.42 Å². The number of allylic oxidation sites excluding steroid dienone is 1. The summed E-state index contributed by atoms with van der Waals surface area (Å²) in [6.45, 7) is 4.16. The fourth-order valence-corrected chi connectivity index (χ4v) is 2.91. The van der Waals surface area contributed by atoms with Gasteiger partial charge in [-0.2, -0.15) is 0 Å². The zero-order valence-corrected chi connectivity index (χ0v) is 13.8. The first-order valence-corrected chi connectivity index (χ1v) is 8.09. The second-order valence-corrected chi connectivity index (χ2v) is 6.05. The predicted octanol–water partition coefficient (Wildman–Crippen LogP) is 3.29. The summed E-state index contributed by atoms with van der Waals surface area (Å²) in [7, 11) is 0. The lowest BCUT2D eigenvalue weighted by molar-refractivity contribution is -0.115. The summed E-state index contributed by atoms with van der Waals surface area (Å²) in [6, 6.07) is 5.05. The highest BCUT2D eigenvalue weighted by Gasteiger charge is 2.11. The molecule has 2 aromatic rings. The van der Waals surface area contributed by atoms with E-state index in [0.717, 1.165) is 0 Å². The average molecular weight is 358 g/mol. The second kappa shape index (κ2) is 8.17. The van der Waals surface area contributed by atoms with E-state index < -0.39 is 0 Å². The van der Waals surface area contributed by atoms with Gasteiger partial charge in [-0.3, -0.25) is 4.79 Å². The fourth-order valence-electron chi connectivity index (χ4n) is 1.59. The lowest BCUT2D eigenvalue weighted by Gasteiger charge is -2.08. The van der Waals surface area contributed by atoms with Crippen molar-refractivity contribution in [2.45, 2.75) is 18.1 Å². The van der Waals surface area contributed by atoms with Gasteiger partial charge in [-0.25, -0.2) is 4.68 Å². The SMILES string of the molecule is C=CCn1nnnc1SCCC(=O)Nc1c(Cl)cccc1Cl. The van der Waals surface area contributed by atoms with Gasteiger partial charge in [-0.05, 0) is 22.6 Å². The molecule has 22 heavy (non-hydrogen) atoms. The number of thioether (sulfide) groups is 1. The lowest BCUT2D eigenvalue weighted by atomic mass is 10.3. The molecule has 0 fully saturated rings. The summed E-state index contributed by atoms with van der Waals surface area (Å²) in [6.07, 6.45) is 1.99. The lowest BCUT2D eigenvalue weighted by Crippen LogP contribution is -2.13. The van der Waals surface area contributed by atoms with Crippen LogP contribution in [0.4, 0.5) is 5.69 Å². The zero-order valence-electron chi connectivity index (χ0n) is 11.5. The van der Waals surface area contributed by atoms with Crippen LogP contribution in [0, 0.1) is 0 Å². The van der Waals surface area contributed by atoms with E-state index >= 15 is 0 Å². The Hall–Kier alpha value is -1.57. The van der Waals surface area contributed by atoms with Crippen molar-refractivity contribution in [2.75, 3.05) is 11.1 Å². The number of halogens is 2. The Balaban J connectivity index is 1.85. The molecule has 0 spiro atoms. The Morgan fingerprint density at radius 1 is 1.41 bits per heavy atom. The molecule has 0 unspecified atom stereocenters. The quantitative estimate of drug-likeness (QED) is 0.607. The van der Waals surface area contributed by atoms with Crippen LogP contribution in [-0.2, 0) is 11.3 Å². The van der Waals surface area contributed by atoms with E-state index in [1.807, 2.05) is 0 Å². The third kappa shape index (κ3) is 4.46. The molecule has 1 aromatic heterocycles. The first kappa shape index (κ1) is 16.8. The Kier molecular flexibility index (Phi) is 6.23. The van der Waals surface area contributed by atoms with Crippen LogP contribution in [0.5, 0.6) is 0 Å². The number of para-hydroxylation sites is 1. The summed E-state index contributed by atoms with van der Waals surface area (Å²) >= 11 is 13.4. The number of carbonyl (C=O) groups excluding carboxylic acids is 1. The van der Waals surface area contributed by atoms with Gasteiger partial charge in [0.2, 0.25) is 11.1 Å². The van der Waals surface area contributed by atoms with Crippen molar-refractivity contribution in [3.63, 3.8) is 0 Å². The topological polar surface area (TPSA) is 72.7 Å². The molecule has 0 aliphatic carbocycles. The van der Waals surface area contributed by atoms with Crippen LogP contribution < -0.4 is 5.32 Å². The maximum Gasteiger partial charge on any atom is 0.225 e. The normalized spacial score (nSPS) is 10.5. The van der Waals surface area contributed by atoms with Crippen LogP contribution in [0.25, 0.3) is 0 Å². The number of rotatable bonds is 7. The molecule has 116 valence electrons. The summed E-state index contributed by atoms with van der Waals surface area (Å²) < 4.78 is 1.61. The predicted molar refractivity (Wildman–Crippen MR) is 88.4 cm³/mol. The number of aromatic nitrogens is 4. The molecule has 6 nitrogen and oxygen atoms in total. The molecule has 0 atom stereocenters. The minimum atomic E-state index is -0.176. The molecule has 1 N–H and O–H groups in total. The molecule has 9 heteroatoms. The minimum absolute atomic E-state index is 0.176. The van der Waals surface area contributed by atoms with Gasteiger partial charge >= 0.3 is 0 Å². The maximum absolute atomic E-state index is 11.9. The highest BCUT2D eigenvalue weighted by molar-refractivity contribution is 7.99. The first-order valence-electron chi connectivity index (χ1n) is 6.35. The molecule has 0 saturated carbocycles. The number of tetrazole rings is 1. The molecular weight excluding hydrogens is 345 g/mol. The molecule has 1 heterocycles. The van der Waals surface area contributed by atoms with Gasteiger partial charge in [0, 0.05) is 12.2 Å². The van der Waals surface area contributed by atoms with Crippen LogP contribution in [0.15, 0.2) is 36.0 Å². The Morgan fingerprint density at radius 2 is 2.14 bits per heavy atom. The number of hydrogen-bond acceptors (Lipinski definition) is 5. The zero-order chi connectivity index (χ0) is 15.9. The van der Waals surface area contributed by atoms with Crippen molar-refractivity contribution in [3.8, 4) is 0 Å². The van der Waals surface area contributed by atoms with E-state index in [-0.39, 0.29) is 12.3 Å². The molecule has 0 saturated heterocycles. The van der Waals surface area contributed by atoms with Gasteiger partial charge < -0.3 is 5.32 Å². The average Bonchev–Trinajstić information content (AvgIpc) is 2.91.